The van der Waals surface area contributed by atoms with E-state index < -0.39 is 22.2 Å². The van der Waals surface area contributed by atoms with Crippen LogP contribution in [-0.2, 0) is 14.3 Å². The van der Waals surface area contributed by atoms with Gasteiger partial charge in [0.15, 0.2) is 0 Å². The number of hydrogen-bond donors (Lipinski definition) is 1. The summed E-state index contributed by atoms with van der Waals surface area (Å²) in [5, 5.41) is 11.6. The number of hydrogen-bond acceptors (Lipinski definition) is 5. The average Bonchev–Trinajstić information content (AvgIpc) is 3.86. The number of fused-ring (bicyclic) bond motifs is 2. The monoisotopic (exact) mass is 620 g/mol. The lowest BCUT2D eigenvalue weighted by Crippen LogP contribution is -2.65. The average molecular weight is 621 g/mol. The van der Waals surface area contributed by atoms with Crippen LogP contribution in [-0.4, -0.2) is 78.1 Å². The van der Waals surface area contributed by atoms with E-state index in [9.17, 15) is 14.7 Å². The Kier molecular flexibility index (Phi) is 7.89. The second-order valence-corrected chi connectivity index (χ2v) is 17.6. The molecule has 8 aliphatic rings. The zero-order valence-electron chi connectivity index (χ0n) is 28.4. The molecule has 4 saturated carbocycles. The molecule has 0 aromatic carbocycles. The number of carboxylic acids is 1. The fourth-order valence-corrected chi connectivity index (χ4v) is 14.0. The predicted octanol–water partition coefficient (Wildman–Crippen LogP) is 6.83. The van der Waals surface area contributed by atoms with Crippen molar-refractivity contribution in [2.24, 2.45) is 57.7 Å². The second kappa shape index (κ2) is 11.4. The molecule has 6 heteroatoms. The van der Waals surface area contributed by atoms with Gasteiger partial charge >= 0.3 is 5.97 Å². The van der Waals surface area contributed by atoms with Crippen molar-refractivity contribution in [3.8, 4) is 0 Å². The Hall–Kier alpha value is -1.24. The summed E-state index contributed by atoms with van der Waals surface area (Å²) in [6.45, 7) is 12.6. The number of ether oxygens (including phenoxy) is 1. The molecule has 3 heterocycles. The maximum atomic E-state index is 14.1. The molecule has 7 unspecified atom stereocenters. The molecule has 5 aliphatic carbocycles. The van der Waals surface area contributed by atoms with Crippen molar-refractivity contribution in [3.63, 3.8) is 0 Å². The quantitative estimate of drug-likeness (QED) is 0.237. The summed E-state index contributed by atoms with van der Waals surface area (Å²) in [6.07, 6.45) is 20.3. The molecular weight excluding hydrogens is 560 g/mol. The van der Waals surface area contributed by atoms with Gasteiger partial charge in [0, 0.05) is 18.0 Å². The highest BCUT2D eigenvalue weighted by Gasteiger charge is 2.86. The van der Waals surface area contributed by atoms with Crippen LogP contribution < -0.4 is 0 Å². The minimum Gasteiger partial charge on any atom is -0.481 e. The van der Waals surface area contributed by atoms with Crippen LogP contribution in [0.4, 0.5) is 0 Å². The maximum absolute atomic E-state index is 14.1. The fraction of sp³-hybridized carbons (Fsp3) is 0.897. The number of aldehydes is 1. The topological polar surface area (TPSA) is 70.1 Å². The van der Waals surface area contributed by atoms with E-state index in [4.69, 9.17) is 4.74 Å². The lowest BCUT2D eigenvalue weighted by Gasteiger charge is -2.60. The Balaban J connectivity index is 1.12. The summed E-state index contributed by atoms with van der Waals surface area (Å²) in [4.78, 5) is 33.2. The van der Waals surface area contributed by atoms with Crippen LogP contribution in [0.1, 0.15) is 111 Å². The zero-order valence-corrected chi connectivity index (χ0v) is 28.4. The molecule has 7 fully saturated rings. The van der Waals surface area contributed by atoms with Crippen LogP contribution in [0.5, 0.6) is 0 Å². The smallest absolute Gasteiger partial charge is 0.315 e. The van der Waals surface area contributed by atoms with Gasteiger partial charge in [0.2, 0.25) is 0 Å². The molecule has 0 spiro atoms. The van der Waals surface area contributed by atoms with Gasteiger partial charge in [-0.15, -0.1) is 0 Å². The predicted molar refractivity (Wildman–Crippen MR) is 176 cm³/mol. The van der Waals surface area contributed by atoms with E-state index in [2.05, 4.69) is 36.6 Å². The number of carbonyl (C=O) groups excluding carboxylic acids is 1. The zero-order chi connectivity index (χ0) is 31.1. The Bertz CT molecular complexity index is 1180. The first-order valence-electron chi connectivity index (χ1n) is 19.3. The molecule has 3 saturated heterocycles. The lowest BCUT2D eigenvalue weighted by molar-refractivity contribution is -0.197. The van der Waals surface area contributed by atoms with Crippen molar-refractivity contribution in [3.05, 3.63) is 11.6 Å². The van der Waals surface area contributed by atoms with Crippen LogP contribution in [0.15, 0.2) is 11.6 Å². The van der Waals surface area contributed by atoms with Gasteiger partial charge in [-0.1, -0.05) is 70.9 Å². The van der Waals surface area contributed by atoms with E-state index >= 15 is 0 Å². The third kappa shape index (κ3) is 4.22. The first kappa shape index (κ1) is 31.1. The highest BCUT2D eigenvalue weighted by molar-refractivity contribution is 5.90. The number of aliphatic carboxylic acids is 1. The number of carboxylic acid groups (broad SMARTS) is 1. The van der Waals surface area contributed by atoms with E-state index in [0.717, 1.165) is 63.4 Å². The van der Waals surface area contributed by atoms with E-state index in [1.807, 2.05) is 0 Å². The minimum absolute atomic E-state index is 0.0804. The molecule has 45 heavy (non-hydrogen) atoms. The standard InChI is InChI=1S/C39H60N2O4/c1-25(2)33-19-28-21-37(24-42)32-12-11-26(3)31(32)22-38(28,39(33,37)36(43)44)35-20-30(27-9-5-6-10-27)34(45-35)23-40-17-13-29(14-18-40)41-15-7-4-8-16-41/h19,24-32,34-35H,4-18,20-23H2,1-3H3,(H,43,44)/t26-,28?,30?,31-,32-,34?,35?,37?,38?,39?/m1/s1. The van der Waals surface area contributed by atoms with Crippen molar-refractivity contribution in [2.45, 2.75) is 129 Å². The first-order valence-corrected chi connectivity index (χ1v) is 19.3. The number of rotatable bonds is 8. The number of allylic oxidation sites excluding steroid dienone is 1. The SMILES string of the molecule is CC(C)C1=CC2CC3(C=O)[C@@H]4CC[C@@H](C)[C@H]4CC2(C2CC(C4CCCC4)C(CN4CCC(N5CCCCC5)CC4)O2)C13C(=O)O. The highest BCUT2D eigenvalue weighted by atomic mass is 16.5. The van der Waals surface area contributed by atoms with Crippen molar-refractivity contribution in [2.75, 3.05) is 32.7 Å². The highest BCUT2D eigenvalue weighted by Crippen LogP contribution is 2.84. The number of nitrogens with zero attached hydrogens (tertiary/aromatic N) is 2. The van der Waals surface area contributed by atoms with Crippen LogP contribution in [0, 0.1) is 57.7 Å². The third-order valence-electron chi connectivity index (χ3n) is 15.8. The summed E-state index contributed by atoms with van der Waals surface area (Å²) < 4.78 is 7.49. The largest absolute Gasteiger partial charge is 0.481 e. The molecule has 0 aromatic heterocycles. The van der Waals surface area contributed by atoms with Crippen molar-refractivity contribution in [1.82, 2.24) is 9.80 Å². The Morgan fingerprint density at radius 2 is 1.71 bits per heavy atom. The van der Waals surface area contributed by atoms with Gasteiger partial charge < -0.3 is 24.4 Å². The van der Waals surface area contributed by atoms with Gasteiger partial charge in [-0.2, -0.15) is 0 Å². The summed E-state index contributed by atoms with van der Waals surface area (Å²) in [6, 6.07) is 0.744. The van der Waals surface area contributed by atoms with E-state index in [1.165, 1.54) is 77.2 Å². The van der Waals surface area contributed by atoms with Crippen molar-refractivity contribution in [1.29, 1.82) is 0 Å². The number of likely N-dealkylation sites (tertiary alicyclic amines) is 2. The molecule has 1 N–H and O–H groups in total. The lowest BCUT2D eigenvalue weighted by atomic mass is 9.41. The van der Waals surface area contributed by atoms with Gasteiger partial charge in [-0.05, 0) is 119 Å². The van der Waals surface area contributed by atoms with E-state index in [0.29, 0.717) is 23.7 Å². The van der Waals surface area contributed by atoms with Crippen LogP contribution in [0.3, 0.4) is 0 Å². The molecule has 250 valence electrons. The Labute approximate surface area is 272 Å². The molecule has 0 radical (unpaired) electrons. The molecule has 0 amide bonds. The summed E-state index contributed by atoms with van der Waals surface area (Å²) in [5.74, 6) is 1.87. The van der Waals surface area contributed by atoms with Crippen LogP contribution in [0.2, 0.25) is 0 Å². The van der Waals surface area contributed by atoms with Gasteiger partial charge in [0.1, 0.15) is 11.7 Å². The summed E-state index contributed by atoms with van der Waals surface area (Å²) >= 11 is 0. The van der Waals surface area contributed by atoms with E-state index in [-0.39, 0.29) is 30.0 Å². The Morgan fingerprint density at radius 1 is 0.978 bits per heavy atom. The second-order valence-electron chi connectivity index (χ2n) is 17.6. The van der Waals surface area contributed by atoms with E-state index in [1.54, 1.807) is 0 Å². The minimum atomic E-state index is -1.13. The number of carbonyl (C=O) groups is 2. The molecule has 0 aromatic rings. The molecule has 4 bridgehead atoms. The van der Waals surface area contributed by atoms with Gasteiger partial charge in [-0.3, -0.25) is 4.79 Å². The van der Waals surface area contributed by atoms with Crippen LogP contribution in [0.25, 0.3) is 0 Å². The molecule has 8 rings (SSSR count). The first-order chi connectivity index (χ1) is 21.8. The van der Waals surface area contributed by atoms with Gasteiger partial charge in [-0.25, -0.2) is 0 Å². The Morgan fingerprint density at radius 3 is 2.38 bits per heavy atom. The molecule has 10 atom stereocenters. The molecular formula is C39H60N2O4. The molecule has 3 aliphatic heterocycles. The normalized spacial score (nSPS) is 47.5. The van der Waals surface area contributed by atoms with Crippen LogP contribution >= 0.6 is 0 Å². The fourth-order valence-electron chi connectivity index (χ4n) is 14.0. The van der Waals surface area contributed by atoms with Gasteiger partial charge in [0.05, 0.1) is 17.6 Å². The third-order valence-corrected chi connectivity index (χ3v) is 15.8. The molecule has 6 nitrogen and oxygen atoms in total. The van der Waals surface area contributed by atoms with Crippen molar-refractivity contribution < 1.29 is 19.4 Å². The summed E-state index contributed by atoms with van der Waals surface area (Å²) in [7, 11) is 0. The number of piperidine rings is 2. The van der Waals surface area contributed by atoms with Crippen molar-refractivity contribution >= 4 is 12.3 Å². The maximum Gasteiger partial charge on any atom is 0.315 e. The van der Waals surface area contributed by atoms with Gasteiger partial charge in [0.25, 0.3) is 0 Å². The summed E-state index contributed by atoms with van der Waals surface area (Å²) in [5.41, 5.74) is -1.38.